The summed E-state index contributed by atoms with van der Waals surface area (Å²) in [7, 11) is 0. The van der Waals surface area contributed by atoms with Crippen molar-refractivity contribution in [2.24, 2.45) is 5.92 Å². The van der Waals surface area contributed by atoms with Crippen LogP contribution in [-0.2, 0) is 11.3 Å². The average Bonchev–Trinajstić information content (AvgIpc) is 3.13. The third kappa shape index (κ3) is 5.97. The number of amides is 2. The Labute approximate surface area is 187 Å². The molecule has 1 fully saturated rings. The van der Waals surface area contributed by atoms with E-state index in [0.29, 0.717) is 10.6 Å². The van der Waals surface area contributed by atoms with Crippen molar-refractivity contribution in [2.45, 2.75) is 38.9 Å². The van der Waals surface area contributed by atoms with Crippen LogP contribution in [0.2, 0.25) is 10.0 Å². The zero-order valence-corrected chi connectivity index (χ0v) is 18.7. The zero-order chi connectivity index (χ0) is 21.7. The molecule has 0 spiro atoms. The van der Waals surface area contributed by atoms with Crippen molar-refractivity contribution in [3.8, 4) is 0 Å². The molecule has 0 aliphatic carbocycles. The summed E-state index contributed by atoms with van der Waals surface area (Å²) in [6, 6.07) is 14.4. The number of carbonyl (C=O) groups excluding carboxylic acids is 2. The molecule has 5 nitrogen and oxygen atoms in total. The highest BCUT2D eigenvalue weighted by molar-refractivity contribution is 6.36. The summed E-state index contributed by atoms with van der Waals surface area (Å²) in [5.74, 6) is -0.625. The Morgan fingerprint density at radius 1 is 1.13 bits per heavy atom. The van der Waals surface area contributed by atoms with E-state index in [-0.39, 0.29) is 28.8 Å². The van der Waals surface area contributed by atoms with Crippen molar-refractivity contribution in [1.29, 1.82) is 0 Å². The summed E-state index contributed by atoms with van der Waals surface area (Å²) >= 11 is 12.0. The van der Waals surface area contributed by atoms with Gasteiger partial charge >= 0.3 is 0 Å². The van der Waals surface area contributed by atoms with Crippen LogP contribution in [0.4, 0.5) is 0 Å². The normalized spacial score (nSPS) is 17.7. The molecule has 0 aromatic heterocycles. The Hall–Kier alpha value is -2.08. The van der Waals surface area contributed by atoms with Crippen LogP contribution in [0.5, 0.6) is 0 Å². The Morgan fingerprint density at radius 3 is 2.53 bits per heavy atom. The molecule has 1 aliphatic heterocycles. The van der Waals surface area contributed by atoms with E-state index in [1.807, 2.05) is 32.0 Å². The number of likely N-dealkylation sites (tertiary alicyclic amines) is 1. The van der Waals surface area contributed by atoms with E-state index < -0.39 is 6.04 Å². The molecule has 0 bridgehead atoms. The van der Waals surface area contributed by atoms with Gasteiger partial charge in [0.25, 0.3) is 5.91 Å². The molecular formula is C23H27Cl2N3O2. The van der Waals surface area contributed by atoms with Crippen molar-refractivity contribution < 1.29 is 9.59 Å². The fourth-order valence-electron chi connectivity index (χ4n) is 3.65. The quantitative estimate of drug-likeness (QED) is 0.670. The smallest absolute Gasteiger partial charge is 0.253 e. The van der Waals surface area contributed by atoms with Gasteiger partial charge in [-0.25, -0.2) is 0 Å². The van der Waals surface area contributed by atoms with Crippen molar-refractivity contribution in [1.82, 2.24) is 15.5 Å². The van der Waals surface area contributed by atoms with Crippen molar-refractivity contribution in [3.63, 3.8) is 0 Å². The predicted octanol–water partition coefficient (Wildman–Crippen LogP) is 4.14. The number of hydrogen-bond acceptors (Lipinski definition) is 3. The highest BCUT2D eigenvalue weighted by Gasteiger charge is 2.30. The molecule has 0 saturated carbocycles. The molecule has 2 aromatic carbocycles. The predicted molar refractivity (Wildman–Crippen MR) is 121 cm³/mol. The maximum absolute atomic E-state index is 12.9. The average molecular weight is 448 g/mol. The largest absolute Gasteiger partial charge is 0.350 e. The second-order valence-corrected chi connectivity index (χ2v) is 8.88. The number of benzene rings is 2. The molecule has 0 radical (unpaired) electrons. The van der Waals surface area contributed by atoms with E-state index in [4.69, 9.17) is 23.2 Å². The Bertz CT molecular complexity index is 889. The van der Waals surface area contributed by atoms with Crippen LogP contribution < -0.4 is 10.6 Å². The van der Waals surface area contributed by atoms with E-state index in [2.05, 4.69) is 27.7 Å². The molecule has 7 heteroatoms. The van der Waals surface area contributed by atoms with Crippen molar-refractivity contribution >= 4 is 35.0 Å². The summed E-state index contributed by atoms with van der Waals surface area (Å²) in [4.78, 5) is 27.9. The molecule has 2 amide bonds. The standard InChI is InChI=1S/C23H27Cl2N3O2/c1-15(2)21(27-22(29)19-9-8-17(24)12-20(19)25)23(30)26-18-10-11-28(14-18)13-16-6-4-3-5-7-16/h3-9,12,15,18,21H,10-11,13-14H2,1-2H3,(H,26,30)(H,27,29). The number of hydrogen-bond donors (Lipinski definition) is 2. The van der Waals surface area contributed by atoms with Crippen LogP contribution in [0.3, 0.4) is 0 Å². The fraction of sp³-hybridized carbons (Fsp3) is 0.391. The topological polar surface area (TPSA) is 61.4 Å². The Morgan fingerprint density at radius 2 is 1.87 bits per heavy atom. The number of rotatable bonds is 7. The Balaban J connectivity index is 1.57. The maximum Gasteiger partial charge on any atom is 0.253 e. The molecule has 3 rings (SSSR count). The summed E-state index contributed by atoms with van der Waals surface area (Å²) in [5.41, 5.74) is 1.56. The van der Waals surface area contributed by atoms with Gasteiger partial charge in [-0.15, -0.1) is 0 Å². The van der Waals surface area contributed by atoms with Crippen LogP contribution in [0.25, 0.3) is 0 Å². The molecule has 2 aromatic rings. The zero-order valence-electron chi connectivity index (χ0n) is 17.2. The van der Waals surface area contributed by atoms with E-state index in [9.17, 15) is 9.59 Å². The van der Waals surface area contributed by atoms with Gasteiger partial charge in [-0.1, -0.05) is 67.4 Å². The number of halogens is 2. The number of nitrogens with one attached hydrogen (secondary N) is 2. The van der Waals surface area contributed by atoms with Crippen LogP contribution in [0, 0.1) is 5.92 Å². The minimum absolute atomic E-state index is 0.0677. The van der Waals surface area contributed by atoms with Crippen molar-refractivity contribution in [2.75, 3.05) is 13.1 Å². The fourth-order valence-corrected chi connectivity index (χ4v) is 4.15. The molecular weight excluding hydrogens is 421 g/mol. The highest BCUT2D eigenvalue weighted by atomic mass is 35.5. The molecule has 1 aliphatic rings. The lowest BCUT2D eigenvalue weighted by Gasteiger charge is -2.24. The van der Waals surface area contributed by atoms with Crippen LogP contribution >= 0.6 is 23.2 Å². The lowest BCUT2D eigenvalue weighted by molar-refractivity contribution is -0.124. The summed E-state index contributed by atoms with van der Waals surface area (Å²) in [5, 5.41) is 6.65. The minimum atomic E-state index is -0.646. The van der Waals surface area contributed by atoms with Gasteiger partial charge in [-0.2, -0.15) is 0 Å². The van der Waals surface area contributed by atoms with E-state index in [1.54, 1.807) is 12.1 Å². The van der Waals surface area contributed by atoms with Crippen LogP contribution in [0.1, 0.15) is 36.2 Å². The second kappa shape index (κ2) is 10.3. The molecule has 160 valence electrons. The highest BCUT2D eigenvalue weighted by Crippen LogP contribution is 2.21. The van der Waals surface area contributed by atoms with Gasteiger partial charge in [0.05, 0.1) is 10.6 Å². The monoisotopic (exact) mass is 447 g/mol. The van der Waals surface area contributed by atoms with Gasteiger partial charge in [-0.05, 0) is 36.1 Å². The third-order valence-corrected chi connectivity index (χ3v) is 5.83. The lowest BCUT2D eigenvalue weighted by atomic mass is 10.0. The molecule has 1 heterocycles. The lowest BCUT2D eigenvalue weighted by Crippen LogP contribution is -2.52. The first-order valence-corrected chi connectivity index (χ1v) is 10.9. The van der Waals surface area contributed by atoms with Gasteiger partial charge in [0.15, 0.2) is 0 Å². The SMILES string of the molecule is CC(C)C(NC(=O)c1ccc(Cl)cc1Cl)C(=O)NC1CCN(Cc2ccccc2)C1. The molecule has 1 saturated heterocycles. The summed E-state index contributed by atoms with van der Waals surface area (Å²) in [6.45, 7) is 6.41. The molecule has 30 heavy (non-hydrogen) atoms. The first-order chi connectivity index (χ1) is 14.3. The number of carbonyl (C=O) groups is 2. The van der Waals surface area contributed by atoms with Gasteiger partial charge in [0, 0.05) is 30.7 Å². The maximum atomic E-state index is 12.9. The minimum Gasteiger partial charge on any atom is -0.350 e. The van der Waals surface area contributed by atoms with E-state index in [0.717, 1.165) is 26.1 Å². The van der Waals surface area contributed by atoms with Gasteiger partial charge in [-0.3, -0.25) is 14.5 Å². The number of nitrogens with zero attached hydrogens (tertiary/aromatic N) is 1. The molecule has 2 unspecified atom stereocenters. The van der Waals surface area contributed by atoms with E-state index in [1.165, 1.54) is 11.6 Å². The van der Waals surface area contributed by atoms with Gasteiger partial charge < -0.3 is 10.6 Å². The van der Waals surface area contributed by atoms with Crippen LogP contribution in [-0.4, -0.2) is 41.9 Å². The first-order valence-electron chi connectivity index (χ1n) is 10.2. The Kier molecular flexibility index (Phi) is 7.75. The summed E-state index contributed by atoms with van der Waals surface area (Å²) in [6.07, 6.45) is 0.889. The molecule has 2 N–H and O–H groups in total. The summed E-state index contributed by atoms with van der Waals surface area (Å²) < 4.78 is 0. The van der Waals surface area contributed by atoms with E-state index >= 15 is 0 Å². The third-order valence-electron chi connectivity index (χ3n) is 5.28. The van der Waals surface area contributed by atoms with Crippen LogP contribution in [0.15, 0.2) is 48.5 Å². The first kappa shape index (κ1) is 22.6. The van der Waals surface area contributed by atoms with Crippen molar-refractivity contribution in [3.05, 3.63) is 69.7 Å². The van der Waals surface area contributed by atoms with Gasteiger partial charge in [0.1, 0.15) is 6.04 Å². The second-order valence-electron chi connectivity index (χ2n) is 8.03. The van der Waals surface area contributed by atoms with Gasteiger partial charge in [0.2, 0.25) is 5.91 Å². The molecule has 2 atom stereocenters.